The van der Waals surface area contributed by atoms with Crippen molar-refractivity contribution in [2.45, 2.75) is 66.2 Å². The number of aromatic nitrogens is 1. The van der Waals surface area contributed by atoms with Crippen molar-refractivity contribution < 1.29 is 14.0 Å². The van der Waals surface area contributed by atoms with Crippen molar-refractivity contribution in [1.29, 1.82) is 0 Å². The van der Waals surface area contributed by atoms with Gasteiger partial charge in [-0.1, -0.05) is 19.0 Å². The number of fused-ring (bicyclic) bond motifs is 1. The molecule has 2 aromatic rings. The maximum absolute atomic E-state index is 5.91. The largest absolute Gasteiger partial charge is 0.494 e. The molecule has 1 aromatic heterocycles. The maximum atomic E-state index is 5.91. The van der Waals surface area contributed by atoms with E-state index < -0.39 is 0 Å². The molecule has 0 radical (unpaired) electrons. The third-order valence-corrected chi connectivity index (χ3v) is 5.09. The second kappa shape index (κ2) is 9.67. The first-order valence-corrected chi connectivity index (χ1v) is 10.5. The Morgan fingerprint density at radius 1 is 1.21 bits per heavy atom. The molecule has 0 spiro atoms. The van der Waals surface area contributed by atoms with Gasteiger partial charge in [0.2, 0.25) is 0 Å². The third kappa shape index (κ3) is 4.83. The van der Waals surface area contributed by atoms with E-state index in [1.807, 2.05) is 6.92 Å². The van der Waals surface area contributed by atoms with Gasteiger partial charge in [-0.2, -0.15) is 0 Å². The Bertz CT molecular complexity index is 838. The van der Waals surface area contributed by atoms with Gasteiger partial charge in [0.05, 0.1) is 12.3 Å². The summed E-state index contributed by atoms with van der Waals surface area (Å²) in [7, 11) is 1.77. The highest BCUT2D eigenvalue weighted by Gasteiger charge is 2.22. The number of hydrogen-bond donors (Lipinski definition) is 2. The van der Waals surface area contributed by atoms with Crippen LogP contribution in [0.3, 0.4) is 0 Å². The van der Waals surface area contributed by atoms with Gasteiger partial charge in [0.25, 0.3) is 0 Å². The molecule has 7 heteroatoms. The first-order valence-electron chi connectivity index (χ1n) is 10.5. The molecule has 3 rings (SSSR count). The SMILES string of the molecule is CCOc1cc2c(cc1CNC(=NC)NCc1c(CC)noc1CC)OC(C)C2. The molecule has 0 saturated heterocycles. The number of hydrogen-bond acceptors (Lipinski definition) is 5. The molecule has 1 unspecified atom stereocenters. The van der Waals surface area contributed by atoms with Gasteiger partial charge in [-0.3, -0.25) is 4.99 Å². The first kappa shape index (κ1) is 21.0. The normalized spacial score (nSPS) is 15.8. The lowest BCUT2D eigenvalue weighted by Gasteiger charge is -2.16. The van der Waals surface area contributed by atoms with Gasteiger partial charge in [-0.05, 0) is 32.4 Å². The molecule has 1 aromatic carbocycles. The van der Waals surface area contributed by atoms with E-state index in [2.05, 4.69) is 53.7 Å². The van der Waals surface area contributed by atoms with Gasteiger partial charge < -0.3 is 24.6 Å². The summed E-state index contributed by atoms with van der Waals surface area (Å²) in [5.41, 5.74) is 4.37. The van der Waals surface area contributed by atoms with E-state index in [1.54, 1.807) is 7.05 Å². The lowest BCUT2D eigenvalue weighted by Crippen LogP contribution is -2.36. The van der Waals surface area contributed by atoms with E-state index in [9.17, 15) is 0 Å². The van der Waals surface area contributed by atoms with Gasteiger partial charge in [0.1, 0.15) is 23.4 Å². The molecule has 2 heterocycles. The van der Waals surface area contributed by atoms with Crippen LogP contribution in [0, 0.1) is 0 Å². The van der Waals surface area contributed by atoms with Crippen molar-refractivity contribution in [3.63, 3.8) is 0 Å². The Hall–Kier alpha value is -2.70. The summed E-state index contributed by atoms with van der Waals surface area (Å²) in [6.07, 6.45) is 2.80. The number of nitrogens with zero attached hydrogens (tertiary/aromatic N) is 2. The van der Waals surface area contributed by atoms with Crippen molar-refractivity contribution in [3.8, 4) is 11.5 Å². The number of aliphatic imine (C=N–C) groups is 1. The number of ether oxygens (including phenoxy) is 2. The summed E-state index contributed by atoms with van der Waals surface area (Å²) in [6.45, 7) is 10.1. The second-order valence-corrected chi connectivity index (χ2v) is 7.15. The van der Waals surface area contributed by atoms with Crippen LogP contribution in [-0.4, -0.2) is 30.9 Å². The molecule has 0 amide bonds. The van der Waals surface area contributed by atoms with Crippen LogP contribution >= 0.6 is 0 Å². The van der Waals surface area contributed by atoms with Crippen molar-refractivity contribution in [2.24, 2.45) is 4.99 Å². The number of guanidine groups is 1. The summed E-state index contributed by atoms with van der Waals surface area (Å²) in [5, 5.41) is 10.9. The molecule has 0 fully saturated rings. The third-order valence-electron chi connectivity index (χ3n) is 5.09. The van der Waals surface area contributed by atoms with Crippen molar-refractivity contribution in [1.82, 2.24) is 15.8 Å². The average Bonchev–Trinajstić information content (AvgIpc) is 3.29. The van der Waals surface area contributed by atoms with Gasteiger partial charge >= 0.3 is 0 Å². The van der Waals surface area contributed by atoms with Crippen molar-refractivity contribution in [3.05, 3.63) is 40.3 Å². The smallest absolute Gasteiger partial charge is 0.191 e. The minimum absolute atomic E-state index is 0.209. The Morgan fingerprint density at radius 3 is 2.69 bits per heavy atom. The predicted molar refractivity (Wildman–Crippen MR) is 114 cm³/mol. The van der Waals surface area contributed by atoms with Crippen LogP contribution in [0.2, 0.25) is 0 Å². The zero-order chi connectivity index (χ0) is 20.8. The molecule has 1 aliphatic heterocycles. The lowest BCUT2D eigenvalue weighted by atomic mass is 10.1. The van der Waals surface area contributed by atoms with Gasteiger partial charge in [-0.15, -0.1) is 0 Å². The van der Waals surface area contributed by atoms with E-state index in [4.69, 9.17) is 14.0 Å². The summed E-state index contributed by atoms with van der Waals surface area (Å²) in [6, 6.07) is 4.18. The predicted octanol–water partition coefficient (Wildman–Crippen LogP) is 3.39. The zero-order valence-corrected chi connectivity index (χ0v) is 18.1. The highest BCUT2D eigenvalue weighted by Crippen LogP contribution is 2.35. The standard InChI is InChI=1S/C22H32N4O3/c1-6-18-17(19(7-2)29-26-18)13-25-22(23-5)24-12-16-11-21-15(9-14(4)28-21)10-20(16)27-8-3/h10-11,14H,6-9,12-13H2,1-5H3,(H2,23,24,25). The van der Waals surface area contributed by atoms with Crippen LogP contribution < -0.4 is 20.1 Å². The van der Waals surface area contributed by atoms with Gasteiger partial charge in [0.15, 0.2) is 5.96 Å². The van der Waals surface area contributed by atoms with Crippen LogP contribution in [-0.2, 0) is 32.4 Å². The molecule has 0 aliphatic carbocycles. The minimum atomic E-state index is 0.209. The van der Waals surface area contributed by atoms with E-state index >= 15 is 0 Å². The monoisotopic (exact) mass is 400 g/mol. The van der Waals surface area contributed by atoms with Crippen LogP contribution in [0.4, 0.5) is 0 Å². The average molecular weight is 401 g/mol. The lowest BCUT2D eigenvalue weighted by molar-refractivity contribution is 0.254. The van der Waals surface area contributed by atoms with Crippen LogP contribution in [0.15, 0.2) is 21.6 Å². The fourth-order valence-corrected chi connectivity index (χ4v) is 3.62. The fraction of sp³-hybridized carbons (Fsp3) is 0.545. The number of benzene rings is 1. The Labute approximate surface area is 172 Å². The molecule has 1 atom stereocenters. The van der Waals surface area contributed by atoms with Crippen LogP contribution in [0.25, 0.3) is 0 Å². The number of aryl methyl sites for hydroxylation is 2. The molecule has 0 saturated carbocycles. The summed E-state index contributed by atoms with van der Waals surface area (Å²) in [5.74, 6) is 3.48. The Morgan fingerprint density at radius 2 is 2.00 bits per heavy atom. The number of rotatable bonds is 8. The molecule has 1 aliphatic rings. The van der Waals surface area contributed by atoms with Crippen molar-refractivity contribution >= 4 is 5.96 Å². The fourth-order valence-electron chi connectivity index (χ4n) is 3.62. The van der Waals surface area contributed by atoms with E-state index in [1.165, 1.54) is 5.56 Å². The molecule has 0 bridgehead atoms. The highest BCUT2D eigenvalue weighted by molar-refractivity contribution is 5.79. The molecule has 29 heavy (non-hydrogen) atoms. The highest BCUT2D eigenvalue weighted by atomic mass is 16.5. The van der Waals surface area contributed by atoms with Gasteiger partial charge in [-0.25, -0.2) is 0 Å². The van der Waals surface area contributed by atoms with Crippen molar-refractivity contribution in [2.75, 3.05) is 13.7 Å². The second-order valence-electron chi connectivity index (χ2n) is 7.15. The number of nitrogens with one attached hydrogen (secondary N) is 2. The summed E-state index contributed by atoms with van der Waals surface area (Å²) in [4.78, 5) is 4.35. The summed E-state index contributed by atoms with van der Waals surface area (Å²) < 4.78 is 17.2. The van der Waals surface area contributed by atoms with Crippen LogP contribution in [0.5, 0.6) is 11.5 Å². The molecule has 2 N–H and O–H groups in total. The summed E-state index contributed by atoms with van der Waals surface area (Å²) >= 11 is 0. The Kier molecular flexibility index (Phi) is 7.01. The minimum Gasteiger partial charge on any atom is -0.494 e. The van der Waals surface area contributed by atoms with Crippen LogP contribution in [0.1, 0.15) is 55.8 Å². The maximum Gasteiger partial charge on any atom is 0.191 e. The Balaban J connectivity index is 1.67. The quantitative estimate of drug-likeness (QED) is 0.522. The van der Waals surface area contributed by atoms with E-state index in [-0.39, 0.29) is 6.10 Å². The van der Waals surface area contributed by atoms with Gasteiger partial charge in [0, 0.05) is 49.7 Å². The topological polar surface area (TPSA) is 80.9 Å². The molecule has 158 valence electrons. The molecule has 7 nitrogen and oxygen atoms in total. The molecular weight excluding hydrogens is 368 g/mol. The molecular formula is C22H32N4O3. The van der Waals surface area contributed by atoms with E-state index in [0.717, 1.165) is 53.3 Å². The zero-order valence-electron chi connectivity index (χ0n) is 18.1. The first-order chi connectivity index (χ1) is 14.1. The van der Waals surface area contributed by atoms with E-state index in [0.29, 0.717) is 25.7 Å².